The van der Waals surface area contributed by atoms with E-state index < -0.39 is 0 Å². The standard InChI is InChI=1S/C17H23NO4/c1-20-11-13-4-6-14(7-5-13)16(19)18-10-15(21-2)17(12-18)8-3-9-22-17/h4-7,15H,3,8-12H2,1-2H3/t15-,17-/m0/s1. The highest BCUT2D eigenvalue weighted by Crippen LogP contribution is 2.37. The van der Waals surface area contributed by atoms with E-state index in [1.807, 2.05) is 29.2 Å². The van der Waals surface area contributed by atoms with E-state index in [1.165, 1.54) is 0 Å². The van der Waals surface area contributed by atoms with Crippen molar-refractivity contribution in [3.05, 3.63) is 35.4 Å². The fourth-order valence-electron chi connectivity index (χ4n) is 3.49. The van der Waals surface area contributed by atoms with Crippen molar-refractivity contribution in [2.45, 2.75) is 31.2 Å². The zero-order valence-electron chi connectivity index (χ0n) is 13.2. The van der Waals surface area contributed by atoms with Crippen LogP contribution in [-0.2, 0) is 20.8 Å². The molecular weight excluding hydrogens is 282 g/mol. The number of nitrogens with zero attached hydrogens (tertiary/aromatic N) is 1. The van der Waals surface area contributed by atoms with Crippen LogP contribution in [0.3, 0.4) is 0 Å². The zero-order chi connectivity index (χ0) is 15.6. The Labute approximate surface area is 131 Å². The minimum absolute atomic E-state index is 0.0354. The van der Waals surface area contributed by atoms with Crippen molar-refractivity contribution in [2.75, 3.05) is 33.9 Å². The normalized spacial score (nSPS) is 27.7. The molecule has 0 radical (unpaired) electrons. The van der Waals surface area contributed by atoms with Gasteiger partial charge in [-0.25, -0.2) is 0 Å². The average Bonchev–Trinajstić information content (AvgIpc) is 3.16. The van der Waals surface area contributed by atoms with Crippen molar-refractivity contribution in [3.63, 3.8) is 0 Å². The molecule has 120 valence electrons. The van der Waals surface area contributed by atoms with Gasteiger partial charge in [-0.05, 0) is 30.5 Å². The first kappa shape index (κ1) is 15.5. The second kappa shape index (κ2) is 6.36. The summed E-state index contributed by atoms with van der Waals surface area (Å²) in [5.74, 6) is 0.0402. The smallest absolute Gasteiger partial charge is 0.254 e. The third-order valence-corrected chi connectivity index (χ3v) is 4.65. The Hall–Kier alpha value is -1.43. The molecule has 0 N–H and O–H groups in total. The Balaban J connectivity index is 1.72. The highest BCUT2D eigenvalue weighted by Gasteiger charge is 2.51. The molecule has 2 aliphatic heterocycles. The lowest BCUT2D eigenvalue weighted by Gasteiger charge is -2.27. The van der Waals surface area contributed by atoms with Crippen LogP contribution in [-0.4, -0.2) is 56.4 Å². The number of carbonyl (C=O) groups is 1. The Morgan fingerprint density at radius 2 is 2.14 bits per heavy atom. The topological polar surface area (TPSA) is 48.0 Å². The summed E-state index contributed by atoms with van der Waals surface area (Å²) >= 11 is 0. The molecule has 2 atom stereocenters. The van der Waals surface area contributed by atoms with Crippen molar-refractivity contribution < 1.29 is 19.0 Å². The van der Waals surface area contributed by atoms with Crippen LogP contribution >= 0.6 is 0 Å². The molecule has 1 aromatic rings. The van der Waals surface area contributed by atoms with Gasteiger partial charge in [-0.2, -0.15) is 0 Å². The number of likely N-dealkylation sites (tertiary alicyclic amines) is 1. The van der Waals surface area contributed by atoms with Crippen molar-refractivity contribution in [1.29, 1.82) is 0 Å². The average molecular weight is 305 g/mol. The molecule has 5 nitrogen and oxygen atoms in total. The predicted molar refractivity (Wildman–Crippen MR) is 81.8 cm³/mol. The van der Waals surface area contributed by atoms with E-state index in [9.17, 15) is 4.79 Å². The van der Waals surface area contributed by atoms with E-state index in [4.69, 9.17) is 14.2 Å². The molecule has 22 heavy (non-hydrogen) atoms. The third kappa shape index (κ3) is 2.76. The number of rotatable bonds is 4. The maximum Gasteiger partial charge on any atom is 0.254 e. The molecule has 0 bridgehead atoms. The fraction of sp³-hybridized carbons (Fsp3) is 0.588. The molecule has 1 amide bonds. The van der Waals surface area contributed by atoms with Crippen LogP contribution in [0.5, 0.6) is 0 Å². The zero-order valence-corrected chi connectivity index (χ0v) is 13.2. The monoisotopic (exact) mass is 305 g/mol. The molecular formula is C17H23NO4. The summed E-state index contributed by atoms with van der Waals surface area (Å²) in [5, 5.41) is 0. The Kier molecular flexibility index (Phi) is 4.47. The van der Waals surface area contributed by atoms with Gasteiger partial charge in [-0.15, -0.1) is 0 Å². The van der Waals surface area contributed by atoms with Crippen molar-refractivity contribution >= 4 is 5.91 Å². The van der Waals surface area contributed by atoms with Crippen LogP contribution in [0, 0.1) is 0 Å². The molecule has 1 aromatic carbocycles. The highest BCUT2D eigenvalue weighted by atomic mass is 16.6. The fourth-order valence-corrected chi connectivity index (χ4v) is 3.49. The Morgan fingerprint density at radius 1 is 1.36 bits per heavy atom. The number of amides is 1. The summed E-state index contributed by atoms with van der Waals surface area (Å²) in [4.78, 5) is 14.6. The van der Waals surface area contributed by atoms with Gasteiger partial charge in [0.15, 0.2) is 0 Å². The molecule has 2 heterocycles. The lowest BCUT2D eigenvalue weighted by Crippen LogP contribution is -2.42. The van der Waals surface area contributed by atoms with Crippen LogP contribution in [0.4, 0.5) is 0 Å². The summed E-state index contributed by atoms with van der Waals surface area (Å²) in [7, 11) is 3.36. The van der Waals surface area contributed by atoms with E-state index in [0.717, 1.165) is 25.0 Å². The molecule has 5 heteroatoms. The second-order valence-electron chi connectivity index (χ2n) is 6.06. The Bertz CT molecular complexity index is 522. The summed E-state index contributed by atoms with van der Waals surface area (Å²) in [6.45, 7) is 2.52. The van der Waals surface area contributed by atoms with Crippen LogP contribution in [0.15, 0.2) is 24.3 Å². The van der Waals surface area contributed by atoms with Gasteiger partial charge in [-0.1, -0.05) is 12.1 Å². The van der Waals surface area contributed by atoms with Gasteiger partial charge in [-0.3, -0.25) is 4.79 Å². The first-order valence-corrected chi connectivity index (χ1v) is 7.72. The summed E-state index contributed by atoms with van der Waals surface area (Å²) in [5.41, 5.74) is 1.45. The molecule has 2 saturated heterocycles. The largest absolute Gasteiger partial charge is 0.380 e. The van der Waals surface area contributed by atoms with Crippen molar-refractivity contribution in [3.8, 4) is 0 Å². The van der Waals surface area contributed by atoms with E-state index in [1.54, 1.807) is 14.2 Å². The van der Waals surface area contributed by atoms with Crippen LogP contribution in [0.2, 0.25) is 0 Å². The number of hydrogen-bond donors (Lipinski definition) is 0. The van der Waals surface area contributed by atoms with Crippen LogP contribution < -0.4 is 0 Å². The molecule has 1 spiro atoms. The Morgan fingerprint density at radius 3 is 2.73 bits per heavy atom. The summed E-state index contributed by atoms with van der Waals surface area (Å²) in [6.07, 6.45) is 1.96. The van der Waals surface area contributed by atoms with Gasteiger partial charge in [0.1, 0.15) is 11.7 Å². The van der Waals surface area contributed by atoms with Gasteiger partial charge in [0.2, 0.25) is 0 Å². The van der Waals surface area contributed by atoms with Gasteiger partial charge in [0.25, 0.3) is 5.91 Å². The van der Waals surface area contributed by atoms with Crippen molar-refractivity contribution in [2.24, 2.45) is 0 Å². The molecule has 3 rings (SSSR count). The quantitative estimate of drug-likeness (QED) is 0.852. The lowest BCUT2D eigenvalue weighted by molar-refractivity contribution is -0.0754. The van der Waals surface area contributed by atoms with E-state index in [-0.39, 0.29) is 17.6 Å². The van der Waals surface area contributed by atoms with Gasteiger partial charge < -0.3 is 19.1 Å². The van der Waals surface area contributed by atoms with Gasteiger partial charge in [0, 0.05) is 26.4 Å². The molecule has 0 saturated carbocycles. The molecule has 2 fully saturated rings. The number of benzene rings is 1. The molecule has 0 aromatic heterocycles. The number of carbonyl (C=O) groups excluding carboxylic acids is 1. The maximum atomic E-state index is 12.7. The minimum atomic E-state index is -0.305. The SMILES string of the molecule is COCc1ccc(C(=O)N2C[C@H](OC)[C@]3(CCCO3)C2)cc1. The predicted octanol–water partition coefficient (Wildman–Crippen LogP) is 1.85. The third-order valence-electron chi connectivity index (χ3n) is 4.65. The van der Waals surface area contributed by atoms with E-state index in [2.05, 4.69) is 0 Å². The number of ether oxygens (including phenoxy) is 3. The first-order chi connectivity index (χ1) is 10.7. The van der Waals surface area contributed by atoms with Gasteiger partial charge >= 0.3 is 0 Å². The molecule has 0 aliphatic carbocycles. The lowest BCUT2D eigenvalue weighted by atomic mass is 9.96. The van der Waals surface area contributed by atoms with Gasteiger partial charge in [0.05, 0.1) is 19.7 Å². The summed E-state index contributed by atoms with van der Waals surface area (Å²) < 4.78 is 16.6. The highest BCUT2D eigenvalue weighted by molar-refractivity contribution is 5.94. The molecule has 2 aliphatic rings. The minimum Gasteiger partial charge on any atom is -0.380 e. The first-order valence-electron chi connectivity index (χ1n) is 7.72. The number of hydrogen-bond acceptors (Lipinski definition) is 4. The van der Waals surface area contributed by atoms with Crippen molar-refractivity contribution in [1.82, 2.24) is 4.90 Å². The summed E-state index contributed by atoms with van der Waals surface area (Å²) in [6, 6.07) is 7.59. The number of methoxy groups -OCH3 is 2. The van der Waals surface area contributed by atoms with Crippen LogP contribution in [0.25, 0.3) is 0 Å². The van der Waals surface area contributed by atoms with E-state index >= 15 is 0 Å². The van der Waals surface area contributed by atoms with Crippen LogP contribution in [0.1, 0.15) is 28.8 Å². The second-order valence-corrected chi connectivity index (χ2v) is 6.06. The maximum absolute atomic E-state index is 12.7. The van der Waals surface area contributed by atoms with E-state index in [0.29, 0.717) is 25.3 Å². The molecule has 0 unspecified atom stereocenters.